The van der Waals surface area contributed by atoms with Crippen LogP contribution in [0.1, 0.15) is 16.7 Å². The van der Waals surface area contributed by atoms with Crippen molar-refractivity contribution in [1.82, 2.24) is 10.3 Å². The molecule has 1 aromatic heterocycles. The second-order valence-corrected chi connectivity index (χ2v) is 4.42. The first-order chi connectivity index (χ1) is 9.13. The first-order valence-electron chi connectivity index (χ1n) is 6.15. The van der Waals surface area contributed by atoms with Gasteiger partial charge in [0.05, 0.1) is 0 Å². The van der Waals surface area contributed by atoms with Crippen LogP contribution in [0.25, 0.3) is 0 Å². The summed E-state index contributed by atoms with van der Waals surface area (Å²) in [5.41, 5.74) is 2.63. The SMILES string of the molecule is CNCc1ccnc(Oc2cccc(C)c2C)c1F. The first kappa shape index (κ1) is 13.5. The third-order valence-corrected chi connectivity index (χ3v) is 3.07. The molecular formula is C15H17FN2O. The molecule has 1 heterocycles. The van der Waals surface area contributed by atoms with Crippen LogP contribution >= 0.6 is 0 Å². The average molecular weight is 260 g/mol. The lowest BCUT2D eigenvalue weighted by Crippen LogP contribution is -2.08. The van der Waals surface area contributed by atoms with Crippen molar-refractivity contribution in [2.24, 2.45) is 0 Å². The van der Waals surface area contributed by atoms with E-state index >= 15 is 0 Å². The van der Waals surface area contributed by atoms with Crippen LogP contribution in [0.15, 0.2) is 30.5 Å². The van der Waals surface area contributed by atoms with Crippen molar-refractivity contribution >= 4 is 0 Å². The van der Waals surface area contributed by atoms with Crippen molar-refractivity contribution in [1.29, 1.82) is 0 Å². The summed E-state index contributed by atoms with van der Waals surface area (Å²) in [6.45, 7) is 4.38. The zero-order valence-electron chi connectivity index (χ0n) is 11.3. The van der Waals surface area contributed by atoms with Gasteiger partial charge in [0.15, 0.2) is 5.82 Å². The number of halogens is 1. The van der Waals surface area contributed by atoms with Gasteiger partial charge < -0.3 is 10.1 Å². The number of benzene rings is 1. The number of nitrogens with one attached hydrogen (secondary N) is 1. The quantitative estimate of drug-likeness (QED) is 0.915. The molecule has 0 aliphatic heterocycles. The lowest BCUT2D eigenvalue weighted by Gasteiger charge is -2.11. The maximum absolute atomic E-state index is 14.1. The molecule has 3 nitrogen and oxygen atoms in total. The van der Waals surface area contributed by atoms with E-state index in [1.807, 2.05) is 32.0 Å². The number of hydrogen-bond acceptors (Lipinski definition) is 3. The Labute approximate surface area is 112 Å². The van der Waals surface area contributed by atoms with Gasteiger partial charge >= 0.3 is 0 Å². The number of aromatic nitrogens is 1. The van der Waals surface area contributed by atoms with Gasteiger partial charge in [0.2, 0.25) is 0 Å². The van der Waals surface area contributed by atoms with Gasteiger partial charge in [-0.25, -0.2) is 9.37 Å². The Morgan fingerprint density at radius 2 is 2.05 bits per heavy atom. The Morgan fingerprint density at radius 1 is 1.26 bits per heavy atom. The van der Waals surface area contributed by atoms with Crippen LogP contribution in [0.4, 0.5) is 4.39 Å². The molecule has 19 heavy (non-hydrogen) atoms. The summed E-state index contributed by atoms with van der Waals surface area (Å²) in [5, 5.41) is 2.91. The molecular weight excluding hydrogens is 243 g/mol. The highest BCUT2D eigenvalue weighted by molar-refractivity contribution is 5.40. The lowest BCUT2D eigenvalue weighted by molar-refractivity contribution is 0.415. The van der Waals surface area contributed by atoms with Crippen LogP contribution in [0.2, 0.25) is 0 Å². The van der Waals surface area contributed by atoms with E-state index in [0.717, 1.165) is 11.1 Å². The zero-order valence-corrected chi connectivity index (χ0v) is 11.3. The molecule has 100 valence electrons. The third-order valence-electron chi connectivity index (χ3n) is 3.07. The predicted octanol–water partition coefficient (Wildman–Crippen LogP) is 3.35. The highest BCUT2D eigenvalue weighted by atomic mass is 19.1. The van der Waals surface area contributed by atoms with Crippen LogP contribution in [0, 0.1) is 19.7 Å². The van der Waals surface area contributed by atoms with E-state index < -0.39 is 5.82 Å². The van der Waals surface area contributed by atoms with E-state index in [2.05, 4.69) is 10.3 Å². The fourth-order valence-electron chi connectivity index (χ4n) is 1.80. The topological polar surface area (TPSA) is 34.2 Å². The van der Waals surface area contributed by atoms with Gasteiger partial charge in [0.25, 0.3) is 5.88 Å². The molecule has 0 saturated carbocycles. The molecule has 4 heteroatoms. The van der Waals surface area contributed by atoms with Gasteiger partial charge in [0.1, 0.15) is 5.75 Å². The molecule has 0 amide bonds. The Balaban J connectivity index is 2.33. The van der Waals surface area contributed by atoms with Crippen molar-refractivity contribution in [2.45, 2.75) is 20.4 Å². The van der Waals surface area contributed by atoms with E-state index in [-0.39, 0.29) is 5.88 Å². The summed E-state index contributed by atoms with van der Waals surface area (Å²) in [7, 11) is 1.77. The van der Waals surface area contributed by atoms with Crippen LogP contribution in [-0.4, -0.2) is 12.0 Å². The summed E-state index contributed by atoms with van der Waals surface area (Å²) in [6, 6.07) is 7.33. The van der Waals surface area contributed by atoms with E-state index in [4.69, 9.17) is 4.74 Å². The minimum Gasteiger partial charge on any atom is -0.436 e. The van der Waals surface area contributed by atoms with Crippen molar-refractivity contribution in [3.8, 4) is 11.6 Å². The molecule has 2 aromatic rings. The number of aryl methyl sites for hydroxylation is 1. The van der Waals surface area contributed by atoms with Crippen LogP contribution in [-0.2, 0) is 6.54 Å². The molecule has 0 aliphatic rings. The zero-order chi connectivity index (χ0) is 13.8. The lowest BCUT2D eigenvalue weighted by atomic mass is 10.1. The van der Waals surface area contributed by atoms with Crippen LogP contribution in [0.5, 0.6) is 11.6 Å². The minimum atomic E-state index is -0.419. The fourth-order valence-corrected chi connectivity index (χ4v) is 1.80. The number of rotatable bonds is 4. The Hall–Kier alpha value is -1.94. The molecule has 1 N–H and O–H groups in total. The van der Waals surface area contributed by atoms with E-state index in [0.29, 0.717) is 17.9 Å². The largest absolute Gasteiger partial charge is 0.436 e. The summed E-state index contributed by atoms with van der Waals surface area (Å²) < 4.78 is 19.7. The normalized spacial score (nSPS) is 10.5. The number of pyridine rings is 1. The third kappa shape index (κ3) is 2.90. The van der Waals surface area contributed by atoms with Crippen molar-refractivity contribution < 1.29 is 9.13 Å². The molecule has 0 saturated heterocycles. The predicted molar refractivity (Wildman–Crippen MR) is 72.9 cm³/mol. The molecule has 2 rings (SSSR count). The Morgan fingerprint density at radius 3 is 2.79 bits per heavy atom. The summed E-state index contributed by atoms with van der Waals surface area (Å²) >= 11 is 0. The molecule has 0 aliphatic carbocycles. The van der Waals surface area contributed by atoms with Gasteiger partial charge in [0, 0.05) is 18.3 Å². The molecule has 1 aromatic carbocycles. The van der Waals surface area contributed by atoms with Crippen molar-refractivity contribution in [3.63, 3.8) is 0 Å². The molecule has 0 unspecified atom stereocenters. The van der Waals surface area contributed by atoms with E-state index in [1.54, 1.807) is 19.3 Å². The summed E-state index contributed by atoms with van der Waals surface area (Å²) in [6.07, 6.45) is 1.55. The minimum absolute atomic E-state index is 0.0152. The second kappa shape index (κ2) is 5.80. The first-order valence-corrected chi connectivity index (χ1v) is 6.15. The maximum Gasteiger partial charge on any atom is 0.256 e. The molecule has 0 fully saturated rings. The smallest absolute Gasteiger partial charge is 0.256 e. The number of hydrogen-bond donors (Lipinski definition) is 1. The summed E-state index contributed by atoms with van der Waals surface area (Å²) in [4.78, 5) is 3.96. The van der Waals surface area contributed by atoms with Gasteiger partial charge in [-0.15, -0.1) is 0 Å². The fraction of sp³-hybridized carbons (Fsp3) is 0.267. The maximum atomic E-state index is 14.1. The van der Waals surface area contributed by atoms with Gasteiger partial charge in [-0.3, -0.25) is 0 Å². The standard InChI is InChI=1S/C15H17FN2O/c1-10-5-4-6-13(11(10)2)19-15-14(16)12(9-17-3)7-8-18-15/h4-8,17H,9H2,1-3H3. The van der Waals surface area contributed by atoms with Crippen molar-refractivity contribution in [2.75, 3.05) is 7.05 Å². The molecule has 0 radical (unpaired) electrons. The Kier molecular flexibility index (Phi) is 4.12. The number of ether oxygens (including phenoxy) is 1. The molecule has 0 spiro atoms. The van der Waals surface area contributed by atoms with Crippen LogP contribution in [0.3, 0.4) is 0 Å². The van der Waals surface area contributed by atoms with Gasteiger partial charge in [-0.2, -0.15) is 0 Å². The monoisotopic (exact) mass is 260 g/mol. The molecule has 0 bridgehead atoms. The Bertz CT molecular complexity index is 584. The van der Waals surface area contributed by atoms with Crippen LogP contribution < -0.4 is 10.1 Å². The highest BCUT2D eigenvalue weighted by Crippen LogP contribution is 2.28. The second-order valence-electron chi connectivity index (χ2n) is 4.42. The highest BCUT2D eigenvalue weighted by Gasteiger charge is 2.12. The van der Waals surface area contributed by atoms with Gasteiger partial charge in [-0.1, -0.05) is 12.1 Å². The summed E-state index contributed by atoms with van der Waals surface area (Å²) in [5.74, 6) is 0.229. The van der Waals surface area contributed by atoms with Crippen molar-refractivity contribution in [3.05, 3.63) is 53.0 Å². The van der Waals surface area contributed by atoms with E-state index in [9.17, 15) is 4.39 Å². The average Bonchev–Trinajstić information content (AvgIpc) is 2.40. The number of nitrogens with zero attached hydrogens (tertiary/aromatic N) is 1. The molecule has 0 atom stereocenters. The van der Waals surface area contributed by atoms with Gasteiger partial charge in [-0.05, 0) is 44.2 Å². The van der Waals surface area contributed by atoms with E-state index in [1.165, 1.54) is 0 Å².